The van der Waals surface area contributed by atoms with Crippen LogP contribution in [0.4, 0.5) is 11.4 Å². The average molecular weight is 266 g/mol. The number of aromatic nitrogens is 1. The Morgan fingerprint density at radius 3 is 2.75 bits per heavy atom. The van der Waals surface area contributed by atoms with Crippen molar-refractivity contribution in [1.82, 2.24) is 4.98 Å². The largest absolute Gasteiger partial charge is 0.398 e. The Kier molecular flexibility index (Phi) is 4.21. The number of hydrogen-bond acceptors (Lipinski definition) is 4. The highest BCUT2D eigenvalue weighted by molar-refractivity contribution is 5.62. The van der Waals surface area contributed by atoms with E-state index in [0.717, 1.165) is 23.6 Å². The predicted octanol–water partition coefficient (Wildman–Crippen LogP) is 2.87. The van der Waals surface area contributed by atoms with Crippen LogP contribution in [0.25, 0.3) is 0 Å². The minimum Gasteiger partial charge on any atom is -0.398 e. The average Bonchev–Trinajstić information content (AvgIpc) is 2.45. The van der Waals surface area contributed by atoms with Gasteiger partial charge in [-0.3, -0.25) is 4.98 Å². The number of nitrogen functional groups attached to an aromatic ring is 1. The van der Waals surface area contributed by atoms with Crippen LogP contribution in [0.5, 0.6) is 0 Å². The summed E-state index contributed by atoms with van der Waals surface area (Å²) in [4.78, 5) is 6.68. The number of nitriles is 1. The summed E-state index contributed by atoms with van der Waals surface area (Å²) in [6.45, 7) is 5.62. The van der Waals surface area contributed by atoms with Crippen molar-refractivity contribution in [1.29, 1.82) is 5.26 Å². The van der Waals surface area contributed by atoms with Crippen LogP contribution in [0, 0.1) is 18.3 Å². The van der Waals surface area contributed by atoms with Crippen LogP contribution in [0.15, 0.2) is 36.4 Å². The third-order valence-corrected chi connectivity index (χ3v) is 3.20. The normalized spacial score (nSPS) is 10.1. The molecular weight excluding hydrogens is 248 g/mol. The van der Waals surface area contributed by atoms with Crippen molar-refractivity contribution in [2.45, 2.75) is 20.4 Å². The predicted molar refractivity (Wildman–Crippen MR) is 81.3 cm³/mol. The number of rotatable bonds is 4. The van der Waals surface area contributed by atoms with E-state index in [1.54, 1.807) is 6.07 Å². The van der Waals surface area contributed by atoms with E-state index < -0.39 is 0 Å². The Bertz CT molecular complexity index is 643. The second kappa shape index (κ2) is 6.07. The Labute approximate surface area is 119 Å². The zero-order valence-corrected chi connectivity index (χ0v) is 11.8. The lowest BCUT2D eigenvalue weighted by molar-refractivity contribution is 0.806. The number of hydrogen-bond donors (Lipinski definition) is 1. The number of benzene rings is 1. The van der Waals surface area contributed by atoms with Crippen LogP contribution in [0.3, 0.4) is 0 Å². The first-order chi connectivity index (χ1) is 9.63. The van der Waals surface area contributed by atoms with Crippen LogP contribution >= 0.6 is 0 Å². The molecule has 1 aromatic carbocycles. The molecule has 102 valence electrons. The lowest BCUT2D eigenvalue weighted by Gasteiger charge is -2.23. The van der Waals surface area contributed by atoms with E-state index in [4.69, 9.17) is 11.0 Å². The fourth-order valence-electron chi connectivity index (χ4n) is 2.11. The van der Waals surface area contributed by atoms with Gasteiger partial charge in [0, 0.05) is 23.6 Å². The molecule has 0 atom stereocenters. The van der Waals surface area contributed by atoms with Crippen molar-refractivity contribution in [3.63, 3.8) is 0 Å². The van der Waals surface area contributed by atoms with Crippen molar-refractivity contribution < 1.29 is 0 Å². The van der Waals surface area contributed by atoms with Gasteiger partial charge in [0.2, 0.25) is 0 Å². The Balaban J connectivity index is 2.27. The Morgan fingerprint density at radius 2 is 2.10 bits per heavy atom. The summed E-state index contributed by atoms with van der Waals surface area (Å²) in [6, 6.07) is 13.7. The molecule has 0 saturated carbocycles. The van der Waals surface area contributed by atoms with Crippen molar-refractivity contribution >= 4 is 11.4 Å². The molecule has 0 saturated heterocycles. The number of nitrogens with two attached hydrogens (primary N) is 1. The van der Waals surface area contributed by atoms with Crippen LogP contribution in [-0.4, -0.2) is 11.5 Å². The zero-order valence-electron chi connectivity index (χ0n) is 11.8. The molecule has 0 aliphatic heterocycles. The number of anilines is 2. The first-order valence-electron chi connectivity index (χ1n) is 6.61. The van der Waals surface area contributed by atoms with Gasteiger partial charge in [0.1, 0.15) is 6.07 Å². The summed E-state index contributed by atoms with van der Waals surface area (Å²) in [6.07, 6.45) is 0. The summed E-state index contributed by atoms with van der Waals surface area (Å²) in [5, 5.41) is 9.06. The van der Waals surface area contributed by atoms with E-state index in [1.165, 1.54) is 0 Å². The molecule has 1 heterocycles. The molecule has 0 fully saturated rings. The second-order valence-corrected chi connectivity index (χ2v) is 4.67. The third kappa shape index (κ3) is 3.07. The van der Waals surface area contributed by atoms with E-state index in [-0.39, 0.29) is 0 Å². The third-order valence-electron chi connectivity index (χ3n) is 3.20. The second-order valence-electron chi connectivity index (χ2n) is 4.67. The summed E-state index contributed by atoms with van der Waals surface area (Å²) in [5.41, 5.74) is 9.80. The minimum absolute atomic E-state index is 0.512. The zero-order chi connectivity index (χ0) is 14.5. The fraction of sp³-hybridized carbons (Fsp3) is 0.250. The van der Waals surface area contributed by atoms with E-state index in [0.29, 0.717) is 17.8 Å². The molecule has 0 spiro atoms. The van der Waals surface area contributed by atoms with Gasteiger partial charge in [-0.05, 0) is 44.2 Å². The van der Waals surface area contributed by atoms with E-state index in [1.807, 2.05) is 37.3 Å². The molecule has 1 aromatic heterocycles. The molecule has 0 unspecified atom stereocenters. The summed E-state index contributed by atoms with van der Waals surface area (Å²) >= 11 is 0. The van der Waals surface area contributed by atoms with Gasteiger partial charge in [-0.2, -0.15) is 5.26 Å². The summed E-state index contributed by atoms with van der Waals surface area (Å²) < 4.78 is 0. The van der Waals surface area contributed by atoms with E-state index in [2.05, 4.69) is 22.9 Å². The summed E-state index contributed by atoms with van der Waals surface area (Å²) in [7, 11) is 0. The topological polar surface area (TPSA) is 65.9 Å². The molecule has 4 heteroatoms. The lowest BCUT2D eigenvalue weighted by atomic mass is 10.1. The number of pyridine rings is 1. The first kappa shape index (κ1) is 13.9. The van der Waals surface area contributed by atoms with E-state index in [9.17, 15) is 0 Å². The molecule has 0 bridgehead atoms. The van der Waals surface area contributed by atoms with Gasteiger partial charge in [-0.15, -0.1) is 0 Å². The molecular formula is C16H18N4. The molecule has 0 aliphatic carbocycles. The molecule has 4 nitrogen and oxygen atoms in total. The van der Waals surface area contributed by atoms with Gasteiger partial charge in [-0.1, -0.05) is 6.07 Å². The maximum Gasteiger partial charge on any atom is 0.101 e. The van der Waals surface area contributed by atoms with Gasteiger partial charge < -0.3 is 10.6 Å². The number of nitrogens with zero attached hydrogens (tertiary/aromatic N) is 3. The molecule has 0 amide bonds. The van der Waals surface area contributed by atoms with Gasteiger partial charge in [0.15, 0.2) is 0 Å². The fourth-order valence-corrected chi connectivity index (χ4v) is 2.11. The molecule has 2 aromatic rings. The standard InChI is InChI=1S/C16H18N4/c1-3-20(11-14-6-4-5-12(2)19-14)15-7-8-16(18)13(9-15)10-17/h4-9H,3,11,18H2,1-2H3. The highest BCUT2D eigenvalue weighted by atomic mass is 15.1. The highest BCUT2D eigenvalue weighted by Crippen LogP contribution is 2.22. The van der Waals surface area contributed by atoms with Gasteiger partial charge in [0.25, 0.3) is 0 Å². The van der Waals surface area contributed by atoms with Crippen LogP contribution < -0.4 is 10.6 Å². The Hall–Kier alpha value is -2.54. The van der Waals surface area contributed by atoms with Gasteiger partial charge >= 0.3 is 0 Å². The van der Waals surface area contributed by atoms with Crippen molar-refractivity contribution in [3.8, 4) is 6.07 Å². The Morgan fingerprint density at radius 1 is 1.30 bits per heavy atom. The van der Waals surface area contributed by atoms with E-state index >= 15 is 0 Å². The monoisotopic (exact) mass is 266 g/mol. The summed E-state index contributed by atoms with van der Waals surface area (Å²) in [5.74, 6) is 0. The molecule has 0 aliphatic rings. The first-order valence-corrected chi connectivity index (χ1v) is 6.61. The lowest BCUT2D eigenvalue weighted by Crippen LogP contribution is -2.22. The van der Waals surface area contributed by atoms with Crippen LogP contribution in [0.1, 0.15) is 23.9 Å². The van der Waals surface area contributed by atoms with Crippen LogP contribution in [0.2, 0.25) is 0 Å². The molecule has 2 N–H and O–H groups in total. The van der Waals surface area contributed by atoms with Crippen molar-refractivity contribution in [2.75, 3.05) is 17.2 Å². The quantitative estimate of drug-likeness (QED) is 0.864. The molecule has 2 rings (SSSR count). The van der Waals surface area contributed by atoms with Crippen LogP contribution in [-0.2, 0) is 6.54 Å². The maximum atomic E-state index is 9.06. The van der Waals surface area contributed by atoms with Gasteiger partial charge in [-0.25, -0.2) is 0 Å². The molecule has 20 heavy (non-hydrogen) atoms. The molecule has 0 radical (unpaired) electrons. The van der Waals surface area contributed by atoms with Gasteiger partial charge in [0.05, 0.1) is 17.8 Å². The maximum absolute atomic E-state index is 9.06. The highest BCUT2D eigenvalue weighted by Gasteiger charge is 2.08. The minimum atomic E-state index is 0.512. The smallest absolute Gasteiger partial charge is 0.101 e. The van der Waals surface area contributed by atoms with Crippen molar-refractivity contribution in [2.24, 2.45) is 0 Å². The SMILES string of the molecule is CCN(Cc1cccc(C)n1)c1ccc(N)c(C#N)c1. The number of aryl methyl sites for hydroxylation is 1. The van der Waals surface area contributed by atoms with Crippen molar-refractivity contribution in [3.05, 3.63) is 53.3 Å².